The molecule has 0 atom stereocenters. The average molecular weight is 271 g/mol. The van der Waals surface area contributed by atoms with E-state index in [4.69, 9.17) is 10.5 Å². The lowest BCUT2D eigenvalue weighted by Crippen LogP contribution is -2.18. The lowest BCUT2D eigenvalue weighted by Gasteiger charge is -2.10. The molecule has 1 heterocycles. The molecule has 3 N–H and O–H groups in total. The molecule has 1 aromatic heterocycles. The van der Waals surface area contributed by atoms with Gasteiger partial charge in [0.05, 0.1) is 12.3 Å². The minimum absolute atomic E-state index is 0.170. The van der Waals surface area contributed by atoms with Gasteiger partial charge < -0.3 is 15.8 Å². The molecule has 0 aliphatic rings. The summed E-state index contributed by atoms with van der Waals surface area (Å²) in [6.45, 7) is 0.487. The van der Waals surface area contributed by atoms with Crippen LogP contribution in [-0.2, 0) is 6.42 Å². The summed E-state index contributed by atoms with van der Waals surface area (Å²) in [5.41, 5.74) is 7.81. The van der Waals surface area contributed by atoms with Gasteiger partial charge in [0.1, 0.15) is 5.75 Å². The summed E-state index contributed by atoms with van der Waals surface area (Å²) in [5, 5.41) is 2.55. The number of aromatic nitrogens is 1. The van der Waals surface area contributed by atoms with Gasteiger partial charge >= 0.3 is 0 Å². The molecule has 1 aromatic carbocycles. The Hall–Kier alpha value is -2.56. The number of carbonyl (C=O) groups excluding carboxylic acids is 1. The van der Waals surface area contributed by atoms with Crippen molar-refractivity contribution in [1.29, 1.82) is 0 Å². The summed E-state index contributed by atoms with van der Waals surface area (Å²) in [6.07, 6.45) is 2.46. The molecule has 2 aromatic rings. The van der Waals surface area contributed by atoms with Crippen LogP contribution in [0.2, 0.25) is 0 Å². The Bertz CT molecular complexity index is 585. The van der Waals surface area contributed by atoms with Crippen LogP contribution >= 0.6 is 0 Å². The van der Waals surface area contributed by atoms with Gasteiger partial charge in [-0.25, -0.2) is 0 Å². The number of anilines is 1. The average Bonchev–Trinajstić information content (AvgIpc) is 2.49. The van der Waals surface area contributed by atoms with Crippen LogP contribution in [0.15, 0.2) is 42.6 Å². The molecule has 0 fully saturated rings. The first-order valence-corrected chi connectivity index (χ1v) is 6.35. The van der Waals surface area contributed by atoms with E-state index in [1.807, 2.05) is 18.2 Å². The highest BCUT2D eigenvalue weighted by molar-refractivity contribution is 5.95. The van der Waals surface area contributed by atoms with E-state index in [0.717, 1.165) is 5.69 Å². The van der Waals surface area contributed by atoms with Gasteiger partial charge in [-0.2, -0.15) is 0 Å². The molecule has 5 heteroatoms. The number of carbonyl (C=O) groups is 1. The number of nitrogens with one attached hydrogen (secondary N) is 1. The van der Waals surface area contributed by atoms with Crippen LogP contribution in [0.25, 0.3) is 0 Å². The third kappa shape index (κ3) is 3.47. The van der Waals surface area contributed by atoms with Gasteiger partial charge in [-0.15, -0.1) is 0 Å². The summed E-state index contributed by atoms with van der Waals surface area (Å²) >= 11 is 0. The summed E-state index contributed by atoms with van der Waals surface area (Å²) in [6, 6.07) is 10.8. The monoisotopic (exact) mass is 271 g/mol. The second-order valence-electron chi connectivity index (χ2n) is 4.25. The molecule has 0 aliphatic carbocycles. The Balaban J connectivity index is 1.95. The van der Waals surface area contributed by atoms with Crippen molar-refractivity contribution in [3.05, 3.63) is 53.9 Å². The van der Waals surface area contributed by atoms with Crippen molar-refractivity contribution in [1.82, 2.24) is 10.3 Å². The van der Waals surface area contributed by atoms with E-state index in [0.29, 0.717) is 30.0 Å². The highest BCUT2D eigenvalue weighted by Gasteiger charge is 2.07. The van der Waals surface area contributed by atoms with Gasteiger partial charge in [0.2, 0.25) is 0 Å². The van der Waals surface area contributed by atoms with E-state index in [-0.39, 0.29) is 5.91 Å². The van der Waals surface area contributed by atoms with Crippen LogP contribution in [0.4, 0.5) is 5.69 Å². The Morgan fingerprint density at radius 2 is 2.20 bits per heavy atom. The van der Waals surface area contributed by atoms with E-state index >= 15 is 0 Å². The zero-order valence-electron chi connectivity index (χ0n) is 11.3. The standard InChI is InChI=1S/C15H17N3O2/c1-17-15(19)11-5-6-14(13(16)10-11)20-9-7-12-4-2-3-8-18-12/h2-6,8,10H,7,9,16H2,1H3,(H,17,19). The van der Waals surface area contributed by atoms with E-state index in [2.05, 4.69) is 10.3 Å². The highest BCUT2D eigenvalue weighted by Crippen LogP contribution is 2.22. The molecule has 104 valence electrons. The first kappa shape index (κ1) is 13.9. The fourth-order valence-electron chi connectivity index (χ4n) is 1.78. The maximum absolute atomic E-state index is 11.5. The summed E-state index contributed by atoms with van der Waals surface area (Å²) in [4.78, 5) is 15.7. The second-order valence-corrected chi connectivity index (χ2v) is 4.25. The second kappa shape index (κ2) is 6.56. The number of amides is 1. The fraction of sp³-hybridized carbons (Fsp3) is 0.200. The quantitative estimate of drug-likeness (QED) is 0.810. The molecule has 0 unspecified atom stereocenters. The van der Waals surface area contributed by atoms with Crippen LogP contribution in [0, 0.1) is 0 Å². The third-order valence-corrected chi connectivity index (χ3v) is 2.84. The first-order chi connectivity index (χ1) is 9.70. The van der Waals surface area contributed by atoms with Gasteiger partial charge in [-0.1, -0.05) is 6.07 Å². The Kier molecular flexibility index (Phi) is 4.55. The number of benzene rings is 1. The van der Waals surface area contributed by atoms with Crippen LogP contribution in [0.5, 0.6) is 5.75 Å². The minimum Gasteiger partial charge on any atom is -0.491 e. The minimum atomic E-state index is -0.170. The van der Waals surface area contributed by atoms with Crippen LogP contribution in [-0.4, -0.2) is 24.5 Å². The van der Waals surface area contributed by atoms with Crippen LogP contribution in [0.3, 0.4) is 0 Å². The summed E-state index contributed by atoms with van der Waals surface area (Å²) in [5.74, 6) is 0.408. The number of nitrogens with two attached hydrogens (primary N) is 1. The molecule has 0 bridgehead atoms. The Labute approximate surface area is 117 Å². The normalized spacial score (nSPS) is 10.1. The molecule has 0 radical (unpaired) electrons. The number of hydrogen-bond donors (Lipinski definition) is 2. The molecule has 2 rings (SSSR count). The van der Waals surface area contributed by atoms with Crippen LogP contribution in [0.1, 0.15) is 16.1 Å². The van der Waals surface area contributed by atoms with Crippen molar-refractivity contribution < 1.29 is 9.53 Å². The van der Waals surface area contributed by atoms with E-state index in [1.54, 1.807) is 31.4 Å². The lowest BCUT2D eigenvalue weighted by molar-refractivity contribution is 0.0963. The SMILES string of the molecule is CNC(=O)c1ccc(OCCc2ccccn2)c(N)c1. The van der Waals surface area contributed by atoms with Crippen molar-refractivity contribution >= 4 is 11.6 Å². The van der Waals surface area contributed by atoms with E-state index in [1.165, 1.54) is 0 Å². The number of hydrogen-bond acceptors (Lipinski definition) is 4. The first-order valence-electron chi connectivity index (χ1n) is 6.35. The third-order valence-electron chi connectivity index (χ3n) is 2.84. The smallest absolute Gasteiger partial charge is 0.251 e. The molecular formula is C15H17N3O2. The number of ether oxygens (including phenoxy) is 1. The zero-order chi connectivity index (χ0) is 14.4. The maximum Gasteiger partial charge on any atom is 0.251 e. The number of nitrogens with zero attached hydrogens (tertiary/aromatic N) is 1. The number of rotatable bonds is 5. The predicted octanol–water partition coefficient (Wildman–Crippen LogP) is 1.64. The molecule has 0 spiro atoms. The Morgan fingerprint density at radius 3 is 2.85 bits per heavy atom. The summed E-state index contributed by atoms with van der Waals surface area (Å²) < 4.78 is 5.61. The van der Waals surface area contributed by atoms with Gasteiger partial charge in [0.15, 0.2) is 0 Å². The maximum atomic E-state index is 11.5. The van der Waals surface area contributed by atoms with E-state index in [9.17, 15) is 4.79 Å². The van der Waals surface area contributed by atoms with Crippen molar-refractivity contribution in [3.63, 3.8) is 0 Å². The summed E-state index contributed by atoms with van der Waals surface area (Å²) in [7, 11) is 1.58. The predicted molar refractivity (Wildman–Crippen MR) is 77.7 cm³/mol. The molecule has 1 amide bonds. The van der Waals surface area contributed by atoms with Gasteiger partial charge in [0.25, 0.3) is 5.91 Å². The Morgan fingerprint density at radius 1 is 1.35 bits per heavy atom. The van der Waals surface area contributed by atoms with Crippen molar-refractivity contribution in [3.8, 4) is 5.75 Å². The van der Waals surface area contributed by atoms with Gasteiger partial charge in [0, 0.05) is 30.9 Å². The van der Waals surface area contributed by atoms with E-state index < -0.39 is 0 Å². The topological polar surface area (TPSA) is 77.2 Å². The van der Waals surface area contributed by atoms with Gasteiger partial charge in [-0.05, 0) is 30.3 Å². The highest BCUT2D eigenvalue weighted by atomic mass is 16.5. The molecule has 20 heavy (non-hydrogen) atoms. The van der Waals surface area contributed by atoms with Crippen molar-refractivity contribution in [2.45, 2.75) is 6.42 Å². The lowest BCUT2D eigenvalue weighted by atomic mass is 10.2. The molecular weight excluding hydrogens is 254 g/mol. The zero-order valence-corrected chi connectivity index (χ0v) is 11.3. The van der Waals surface area contributed by atoms with Gasteiger partial charge in [-0.3, -0.25) is 9.78 Å². The fourth-order valence-corrected chi connectivity index (χ4v) is 1.78. The largest absolute Gasteiger partial charge is 0.491 e. The number of pyridine rings is 1. The number of nitrogen functional groups attached to an aromatic ring is 1. The van der Waals surface area contributed by atoms with Crippen LogP contribution < -0.4 is 15.8 Å². The molecule has 0 aliphatic heterocycles. The molecule has 0 saturated carbocycles. The van der Waals surface area contributed by atoms with Crippen molar-refractivity contribution in [2.75, 3.05) is 19.4 Å². The molecule has 0 saturated heterocycles. The van der Waals surface area contributed by atoms with Crippen molar-refractivity contribution in [2.24, 2.45) is 0 Å². The molecule has 5 nitrogen and oxygen atoms in total.